The lowest BCUT2D eigenvalue weighted by Crippen LogP contribution is -2.37. The Hall–Kier alpha value is -3.49. The zero-order chi connectivity index (χ0) is 17.7. The van der Waals surface area contributed by atoms with Crippen LogP contribution in [-0.4, -0.2) is 28.7 Å². The number of fused-ring (bicyclic) bond motifs is 2. The summed E-state index contributed by atoms with van der Waals surface area (Å²) in [7, 11) is 2.97. The molecule has 1 N–H and O–H groups in total. The minimum Gasteiger partial charge on any atom is -0.317 e. The quantitative estimate of drug-likeness (QED) is 0.541. The molecule has 1 aromatic carbocycles. The van der Waals surface area contributed by atoms with Gasteiger partial charge < -0.3 is 9.55 Å². The largest absolute Gasteiger partial charge is 0.332 e. The van der Waals surface area contributed by atoms with Crippen molar-refractivity contribution < 1.29 is 0 Å². The van der Waals surface area contributed by atoms with E-state index in [0.29, 0.717) is 16.7 Å². The second-order valence-electron chi connectivity index (χ2n) is 5.78. The molecule has 9 heteroatoms. The van der Waals surface area contributed by atoms with Gasteiger partial charge >= 0.3 is 5.69 Å². The SMILES string of the molecule is Cn1c(=O)c2c(ncn2Cc2nc3ccccc3c(=O)[nH]2)n(C)c1=O. The zero-order valence-corrected chi connectivity index (χ0v) is 13.6. The van der Waals surface area contributed by atoms with Crippen LogP contribution in [-0.2, 0) is 20.6 Å². The highest BCUT2D eigenvalue weighted by atomic mass is 16.2. The van der Waals surface area contributed by atoms with Gasteiger partial charge in [0.25, 0.3) is 11.1 Å². The monoisotopic (exact) mass is 338 g/mol. The lowest BCUT2D eigenvalue weighted by Gasteiger charge is -2.07. The van der Waals surface area contributed by atoms with Crippen LogP contribution in [0.4, 0.5) is 0 Å². The zero-order valence-electron chi connectivity index (χ0n) is 13.6. The van der Waals surface area contributed by atoms with Gasteiger partial charge in [-0.2, -0.15) is 0 Å². The van der Waals surface area contributed by atoms with E-state index in [1.54, 1.807) is 35.9 Å². The Bertz CT molecular complexity index is 1310. The molecule has 0 atom stereocenters. The number of benzene rings is 1. The lowest BCUT2D eigenvalue weighted by molar-refractivity contribution is 0.698. The fraction of sp³-hybridized carbons (Fsp3) is 0.188. The first kappa shape index (κ1) is 15.1. The average Bonchev–Trinajstić information content (AvgIpc) is 3.02. The summed E-state index contributed by atoms with van der Waals surface area (Å²) in [6.07, 6.45) is 1.46. The second kappa shape index (κ2) is 5.26. The fourth-order valence-corrected chi connectivity index (χ4v) is 2.89. The van der Waals surface area contributed by atoms with Crippen LogP contribution in [0, 0.1) is 0 Å². The number of nitrogens with zero attached hydrogens (tertiary/aromatic N) is 5. The predicted octanol–water partition coefficient (Wildman–Crippen LogP) is -0.282. The number of aromatic nitrogens is 6. The van der Waals surface area contributed by atoms with Crippen LogP contribution >= 0.6 is 0 Å². The van der Waals surface area contributed by atoms with Gasteiger partial charge in [0, 0.05) is 14.1 Å². The van der Waals surface area contributed by atoms with Crippen LogP contribution in [0.15, 0.2) is 45.0 Å². The minimum absolute atomic E-state index is 0.157. The summed E-state index contributed by atoms with van der Waals surface area (Å²) in [6, 6.07) is 7.02. The Morgan fingerprint density at radius 1 is 1.08 bits per heavy atom. The van der Waals surface area contributed by atoms with Crippen molar-refractivity contribution in [2.24, 2.45) is 14.1 Å². The first-order valence-electron chi connectivity index (χ1n) is 7.56. The average molecular weight is 338 g/mol. The molecule has 0 aliphatic heterocycles. The first-order chi connectivity index (χ1) is 12.0. The number of nitrogens with one attached hydrogen (secondary N) is 1. The number of hydrogen-bond acceptors (Lipinski definition) is 5. The van der Waals surface area contributed by atoms with E-state index in [9.17, 15) is 14.4 Å². The third-order valence-electron chi connectivity index (χ3n) is 4.20. The van der Waals surface area contributed by atoms with Crippen LogP contribution in [0.2, 0.25) is 0 Å². The number of hydrogen-bond donors (Lipinski definition) is 1. The van der Waals surface area contributed by atoms with Gasteiger partial charge in [0.15, 0.2) is 11.2 Å². The van der Waals surface area contributed by atoms with Crippen LogP contribution in [0.5, 0.6) is 0 Å². The summed E-state index contributed by atoms with van der Waals surface area (Å²) in [5.74, 6) is 0.402. The molecule has 126 valence electrons. The number of aryl methyl sites for hydroxylation is 1. The number of H-pyrrole nitrogens is 1. The standard InChI is InChI=1S/C16H14N6O3/c1-20-13-12(15(24)21(2)16(20)25)22(8-17-13)7-11-18-10-6-4-3-5-9(10)14(23)19-11/h3-6,8H,7H2,1-2H3,(H,18,19,23). The molecule has 0 spiro atoms. The molecule has 4 rings (SSSR count). The van der Waals surface area contributed by atoms with E-state index in [4.69, 9.17) is 0 Å². The molecule has 4 aromatic rings. The Balaban J connectivity index is 1.92. The van der Waals surface area contributed by atoms with Crippen molar-refractivity contribution in [3.63, 3.8) is 0 Å². The van der Waals surface area contributed by atoms with Gasteiger partial charge in [-0.25, -0.2) is 14.8 Å². The molecule has 3 aromatic heterocycles. The van der Waals surface area contributed by atoms with Gasteiger partial charge in [0.2, 0.25) is 0 Å². The van der Waals surface area contributed by atoms with Crippen molar-refractivity contribution in [3.05, 3.63) is 67.6 Å². The van der Waals surface area contributed by atoms with E-state index in [1.165, 1.54) is 17.9 Å². The Labute approximate surface area is 139 Å². The molecule has 0 saturated heterocycles. The molecule has 0 bridgehead atoms. The number of para-hydroxylation sites is 1. The van der Waals surface area contributed by atoms with Crippen LogP contribution in [0.25, 0.3) is 22.1 Å². The van der Waals surface area contributed by atoms with Crippen molar-refractivity contribution in [2.75, 3.05) is 0 Å². The maximum atomic E-state index is 12.4. The fourth-order valence-electron chi connectivity index (χ4n) is 2.89. The summed E-state index contributed by atoms with van der Waals surface area (Å²) in [6.45, 7) is 0.157. The van der Waals surface area contributed by atoms with Crippen molar-refractivity contribution in [1.29, 1.82) is 0 Å². The van der Waals surface area contributed by atoms with Gasteiger partial charge in [-0.15, -0.1) is 0 Å². The van der Waals surface area contributed by atoms with E-state index in [-0.39, 0.29) is 23.3 Å². The third-order valence-corrected chi connectivity index (χ3v) is 4.20. The van der Waals surface area contributed by atoms with Gasteiger partial charge in [0.1, 0.15) is 5.82 Å². The molecule has 0 fully saturated rings. The van der Waals surface area contributed by atoms with Crippen molar-refractivity contribution in [3.8, 4) is 0 Å². The van der Waals surface area contributed by atoms with Gasteiger partial charge in [-0.3, -0.25) is 18.7 Å². The van der Waals surface area contributed by atoms with Crippen molar-refractivity contribution in [1.82, 2.24) is 28.7 Å². The maximum absolute atomic E-state index is 12.4. The predicted molar refractivity (Wildman–Crippen MR) is 91.7 cm³/mol. The normalized spacial score (nSPS) is 11.4. The Morgan fingerprint density at radius 2 is 1.84 bits per heavy atom. The minimum atomic E-state index is -0.446. The van der Waals surface area contributed by atoms with E-state index < -0.39 is 11.2 Å². The third kappa shape index (κ3) is 2.20. The molecule has 25 heavy (non-hydrogen) atoms. The maximum Gasteiger partial charge on any atom is 0.332 e. The van der Waals surface area contributed by atoms with E-state index in [1.807, 2.05) is 0 Å². The number of aromatic amines is 1. The Kier molecular flexibility index (Phi) is 3.17. The van der Waals surface area contributed by atoms with Gasteiger partial charge in [-0.05, 0) is 12.1 Å². The van der Waals surface area contributed by atoms with E-state index in [2.05, 4.69) is 15.0 Å². The Morgan fingerprint density at radius 3 is 2.64 bits per heavy atom. The summed E-state index contributed by atoms with van der Waals surface area (Å²) in [5, 5.41) is 0.500. The van der Waals surface area contributed by atoms with Crippen molar-refractivity contribution >= 4 is 22.1 Å². The van der Waals surface area contributed by atoms with Crippen LogP contribution < -0.4 is 16.8 Å². The molecule has 0 radical (unpaired) electrons. The molecule has 0 aliphatic rings. The second-order valence-corrected chi connectivity index (χ2v) is 5.78. The topological polar surface area (TPSA) is 108 Å². The lowest BCUT2D eigenvalue weighted by atomic mass is 10.2. The molecule has 0 amide bonds. The number of imidazole rings is 1. The van der Waals surface area contributed by atoms with Gasteiger partial charge in [-0.1, -0.05) is 12.1 Å². The van der Waals surface area contributed by atoms with Crippen LogP contribution in [0.1, 0.15) is 5.82 Å². The summed E-state index contributed by atoms with van der Waals surface area (Å²) in [5.41, 5.74) is 0.00617. The molecule has 0 aliphatic carbocycles. The smallest absolute Gasteiger partial charge is 0.317 e. The van der Waals surface area contributed by atoms with E-state index >= 15 is 0 Å². The highest BCUT2D eigenvalue weighted by molar-refractivity contribution is 5.77. The molecule has 0 saturated carbocycles. The van der Waals surface area contributed by atoms with Gasteiger partial charge in [0.05, 0.1) is 23.8 Å². The highest BCUT2D eigenvalue weighted by Crippen LogP contribution is 2.09. The first-order valence-corrected chi connectivity index (χ1v) is 7.56. The molecular formula is C16H14N6O3. The molecule has 3 heterocycles. The summed E-state index contributed by atoms with van der Waals surface area (Å²) >= 11 is 0. The van der Waals surface area contributed by atoms with E-state index in [0.717, 1.165) is 4.57 Å². The summed E-state index contributed by atoms with van der Waals surface area (Å²) in [4.78, 5) is 47.9. The summed E-state index contributed by atoms with van der Waals surface area (Å²) < 4.78 is 3.91. The molecular weight excluding hydrogens is 324 g/mol. The van der Waals surface area contributed by atoms with Crippen molar-refractivity contribution in [2.45, 2.75) is 6.54 Å². The molecule has 9 nitrogen and oxygen atoms in total. The van der Waals surface area contributed by atoms with Crippen LogP contribution in [0.3, 0.4) is 0 Å². The highest BCUT2D eigenvalue weighted by Gasteiger charge is 2.15. The molecule has 0 unspecified atom stereocenters. The number of rotatable bonds is 2.